The van der Waals surface area contributed by atoms with Crippen molar-refractivity contribution in [3.8, 4) is 11.4 Å². The van der Waals surface area contributed by atoms with Gasteiger partial charge < -0.3 is 9.88 Å². The number of anilines is 1. The lowest BCUT2D eigenvalue weighted by atomic mass is 10.0. The van der Waals surface area contributed by atoms with Gasteiger partial charge in [0.1, 0.15) is 0 Å². The summed E-state index contributed by atoms with van der Waals surface area (Å²) in [6.07, 6.45) is 0. The van der Waals surface area contributed by atoms with Crippen molar-refractivity contribution in [2.75, 3.05) is 5.32 Å². The SMILES string of the molecule is CC(C)c1ccccc1NC(=O)[C@H](C)Sc1nnc(-c2ccccc2)n1C. The maximum atomic E-state index is 12.7. The van der Waals surface area contributed by atoms with Gasteiger partial charge in [0.15, 0.2) is 11.0 Å². The fraction of sp³-hybridized carbons (Fsp3) is 0.286. The maximum absolute atomic E-state index is 12.7. The molecule has 5 nitrogen and oxygen atoms in total. The van der Waals surface area contributed by atoms with E-state index in [1.165, 1.54) is 11.8 Å². The zero-order valence-corrected chi connectivity index (χ0v) is 16.8. The molecule has 140 valence electrons. The number of thioether (sulfide) groups is 1. The number of nitrogens with one attached hydrogen (secondary N) is 1. The van der Waals surface area contributed by atoms with Crippen LogP contribution in [0.15, 0.2) is 59.8 Å². The van der Waals surface area contributed by atoms with Crippen LogP contribution in [0.25, 0.3) is 11.4 Å². The average Bonchev–Trinajstić information content (AvgIpc) is 3.03. The fourth-order valence-electron chi connectivity index (χ4n) is 2.82. The first-order valence-corrected chi connectivity index (χ1v) is 9.86. The zero-order valence-electron chi connectivity index (χ0n) is 16.0. The Morgan fingerprint density at radius 2 is 1.67 bits per heavy atom. The quantitative estimate of drug-likeness (QED) is 0.628. The number of amides is 1. The van der Waals surface area contributed by atoms with E-state index in [-0.39, 0.29) is 11.2 Å². The lowest BCUT2D eigenvalue weighted by Crippen LogP contribution is -2.23. The molecule has 0 fully saturated rings. The Morgan fingerprint density at radius 3 is 2.37 bits per heavy atom. The number of para-hydroxylation sites is 1. The molecule has 1 aromatic heterocycles. The highest BCUT2D eigenvalue weighted by Crippen LogP contribution is 2.28. The number of hydrogen-bond donors (Lipinski definition) is 1. The molecule has 2 aromatic carbocycles. The molecule has 0 spiro atoms. The van der Waals surface area contributed by atoms with Crippen LogP contribution in [0.1, 0.15) is 32.3 Å². The number of aromatic nitrogens is 3. The predicted octanol–water partition coefficient (Wildman–Crippen LogP) is 4.72. The topological polar surface area (TPSA) is 59.8 Å². The van der Waals surface area contributed by atoms with E-state index in [2.05, 4.69) is 29.4 Å². The third-order valence-corrected chi connectivity index (χ3v) is 5.49. The van der Waals surface area contributed by atoms with Gasteiger partial charge in [-0.15, -0.1) is 10.2 Å². The van der Waals surface area contributed by atoms with Crippen LogP contribution in [-0.2, 0) is 11.8 Å². The van der Waals surface area contributed by atoms with E-state index in [1.807, 2.05) is 73.1 Å². The Balaban J connectivity index is 1.72. The summed E-state index contributed by atoms with van der Waals surface area (Å²) in [6.45, 7) is 6.12. The molecule has 0 radical (unpaired) electrons. The lowest BCUT2D eigenvalue weighted by molar-refractivity contribution is -0.115. The summed E-state index contributed by atoms with van der Waals surface area (Å²) in [5.41, 5.74) is 3.00. The first-order valence-electron chi connectivity index (χ1n) is 8.98. The van der Waals surface area contributed by atoms with Crippen LogP contribution in [0, 0.1) is 0 Å². The minimum absolute atomic E-state index is 0.0441. The molecule has 3 rings (SSSR count). The molecule has 0 unspecified atom stereocenters. The Bertz CT molecular complexity index is 921. The van der Waals surface area contributed by atoms with Gasteiger partial charge in [0.2, 0.25) is 5.91 Å². The van der Waals surface area contributed by atoms with Crippen LogP contribution >= 0.6 is 11.8 Å². The highest BCUT2D eigenvalue weighted by Gasteiger charge is 2.20. The molecule has 3 aromatic rings. The van der Waals surface area contributed by atoms with Crippen molar-refractivity contribution in [3.63, 3.8) is 0 Å². The van der Waals surface area contributed by atoms with Gasteiger partial charge in [-0.05, 0) is 24.5 Å². The predicted molar refractivity (Wildman–Crippen MR) is 111 cm³/mol. The van der Waals surface area contributed by atoms with Crippen LogP contribution in [-0.4, -0.2) is 25.9 Å². The third-order valence-electron chi connectivity index (χ3n) is 4.36. The van der Waals surface area contributed by atoms with Crippen molar-refractivity contribution in [1.82, 2.24) is 14.8 Å². The summed E-state index contributed by atoms with van der Waals surface area (Å²) in [6, 6.07) is 17.8. The van der Waals surface area contributed by atoms with Crippen LogP contribution in [0.4, 0.5) is 5.69 Å². The van der Waals surface area contributed by atoms with E-state index < -0.39 is 0 Å². The van der Waals surface area contributed by atoms with E-state index >= 15 is 0 Å². The maximum Gasteiger partial charge on any atom is 0.237 e. The first kappa shape index (κ1) is 19.2. The van der Waals surface area contributed by atoms with Crippen molar-refractivity contribution >= 4 is 23.4 Å². The molecule has 0 aliphatic rings. The van der Waals surface area contributed by atoms with Gasteiger partial charge in [0.05, 0.1) is 5.25 Å². The number of carbonyl (C=O) groups is 1. The number of rotatable bonds is 6. The van der Waals surface area contributed by atoms with Gasteiger partial charge >= 0.3 is 0 Å². The van der Waals surface area contributed by atoms with Crippen LogP contribution in [0.5, 0.6) is 0 Å². The third kappa shape index (κ3) is 4.39. The smallest absolute Gasteiger partial charge is 0.237 e. The second-order valence-corrected chi connectivity index (χ2v) is 8.03. The molecule has 1 amide bonds. The standard InChI is InChI=1S/C21H24N4OS/c1-14(2)17-12-8-9-13-18(17)22-20(26)15(3)27-21-24-23-19(25(21)4)16-10-6-5-7-11-16/h5-15H,1-4H3,(H,22,26)/t15-/m0/s1. The van der Waals surface area contributed by atoms with Gasteiger partial charge in [0, 0.05) is 18.3 Å². The molecular formula is C21H24N4OS. The van der Waals surface area contributed by atoms with Gasteiger partial charge in [-0.2, -0.15) is 0 Å². The largest absolute Gasteiger partial charge is 0.325 e. The Morgan fingerprint density at radius 1 is 1.00 bits per heavy atom. The normalized spacial score (nSPS) is 12.2. The number of nitrogens with zero attached hydrogens (tertiary/aromatic N) is 3. The van der Waals surface area contributed by atoms with E-state index in [9.17, 15) is 4.79 Å². The fourth-order valence-corrected chi connectivity index (χ4v) is 3.63. The monoisotopic (exact) mass is 380 g/mol. The molecule has 0 bridgehead atoms. The lowest BCUT2D eigenvalue weighted by Gasteiger charge is -2.16. The Hall–Kier alpha value is -2.60. The first-order chi connectivity index (χ1) is 13.0. The molecule has 1 atom stereocenters. The molecule has 6 heteroatoms. The Kier molecular flexibility index (Phi) is 5.96. The van der Waals surface area contributed by atoms with Crippen molar-refractivity contribution < 1.29 is 4.79 Å². The summed E-state index contributed by atoms with van der Waals surface area (Å²) in [5.74, 6) is 1.09. The van der Waals surface area contributed by atoms with Crippen molar-refractivity contribution in [3.05, 3.63) is 60.2 Å². The molecule has 0 saturated heterocycles. The van der Waals surface area contributed by atoms with Gasteiger partial charge in [-0.1, -0.05) is 74.1 Å². The molecule has 0 aliphatic carbocycles. The molecule has 1 heterocycles. The molecule has 27 heavy (non-hydrogen) atoms. The number of hydrogen-bond acceptors (Lipinski definition) is 4. The average molecular weight is 381 g/mol. The van der Waals surface area contributed by atoms with E-state index in [4.69, 9.17) is 0 Å². The minimum atomic E-state index is -0.295. The van der Waals surface area contributed by atoms with Crippen molar-refractivity contribution in [2.24, 2.45) is 7.05 Å². The summed E-state index contributed by atoms with van der Waals surface area (Å²) >= 11 is 1.40. The van der Waals surface area contributed by atoms with Gasteiger partial charge in [-0.3, -0.25) is 4.79 Å². The zero-order chi connectivity index (χ0) is 19.4. The highest BCUT2D eigenvalue weighted by atomic mass is 32.2. The Labute approximate surface area is 164 Å². The highest BCUT2D eigenvalue weighted by molar-refractivity contribution is 8.00. The van der Waals surface area contributed by atoms with E-state index in [1.54, 1.807) is 0 Å². The van der Waals surface area contributed by atoms with E-state index in [0.29, 0.717) is 11.1 Å². The number of benzene rings is 2. The second-order valence-electron chi connectivity index (χ2n) is 6.72. The summed E-state index contributed by atoms with van der Waals surface area (Å²) in [7, 11) is 1.92. The van der Waals surface area contributed by atoms with Crippen molar-refractivity contribution in [2.45, 2.75) is 37.1 Å². The summed E-state index contributed by atoms with van der Waals surface area (Å²) in [4.78, 5) is 12.7. The summed E-state index contributed by atoms with van der Waals surface area (Å²) < 4.78 is 1.92. The van der Waals surface area contributed by atoms with Crippen molar-refractivity contribution in [1.29, 1.82) is 0 Å². The van der Waals surface area contributed by atoms with Crippen LogP contribution in [0.3, 0.4) is 0 Å². The molecular weight excluding hydrogens is 356 g/mol. The minimum Gasteiger partial charge on any atom is -0.325 e. The van der Waals surface area contributed by atoms with Gasteiger partial charge in [0.25, 0.3) is 0 Å². The molecule has 0 aliphatic heterocycles. The molecule has 0 saturated carbocycles. The van der Waals surface area contributed by atoms with Crippen LogP contribution < -0.4 is 5.32 Å². The van der Waals surface area contributed by atoms with E-state index in [0.717, 1.165) is 22.6 Å². The second kappa shape index (κ2) is 8.39. The molecule has 1 N–H and O–H groups in total. The van der Waals surface area contributed by atoms with Crippen LogP contribution in [0.2, 0.25) is 0 Å². The van der Waals surface area contributed by atoms with Gasteiger partial charge in [-0.25, -0.2) is 0 Å². The summed E-state index contributed by atoms with van der Waals surface area (Å²) in [5, 5.41) is 12.0. The number of carbonyl (C=O) groups excluding carboxylic acids is 1.